The highest BCUT2D eigenvalue weighted by molar-refractivity contribution is 6.31. The second-order valence-corrected chi connectivity index (χ2v) is 7.50. The maximum Gasteiger partial charge on any atom is 0.255 e. The van der Waals surface area contributed by atoms with Crippen LogP contribution in [0, 0.1) is 0 Å². The zero-order chi connectivity index (χ0) is 20.4. The number of amides is 2. The van der Waals surface area contributed by atoms with Crippen molar-refractivity contribution in [3.05, 3.63) is 88.8 Å². The highest BCUT2D eigenvalue weighted by Gasteiger charge is 2.55. The fourth-order valence-corrected chi connectivity index (χ4v) is 3.69. The number of benzene rings is 2. The third-order valence-electron chi connectivity index (χ3n) is 4.68. The molecule has 1 aliphatic rings. The van der Waals surface area contributed by atoms with E-state index in [1.807, 2.05) is 0 Å². The predicted molar refractivity (Wildman–Crippen MR) is 114 cm³/mol. The van der Waals surface area contributed by atoms with Gasteiger partial charge >= 0.3 is 0 Å². The summed E-state index contributed by atoms with van der Waals surface area (Å²) in [7, 11) is 0. The second kappa shape index (κ2) is 7.78. The Morgan fingerprint density at radius 3 is 2.48 bits per heavy atom. The maximum absolute atomic E-state index is 13.3. The van der Waals surface area contributed by atoms with E-state index in [0.717, 1.165) is 0 Å². The molecule has 4 rings (SSSR count). The molecule has 1 aliphatic heterocycles. The third kappa shape index (κ3) is 3.79. The van der Waals surface area contributed by atoms with E-state index in [4.69, 9.17) is 27.6 Å². The van der Waals surface area contributed by atoms with Gasteiger partial charge < -0.3 is 9.73 Å². The molecule has 1 aromatic heterocycles. The van der Waals surface area contributed by atoms with Gasteiger partial charge in [0.15, 0.2) is 5.54 Å². The van der Waals surface area contributed by atoms with Crippen molar-refractivity contribution in [3.63, 3.8) is 0 Å². The number of hydrogen-bond acceptors (Lipinski definition) is 3. The SMILES string of the molecule is O=C1CC(C=Cc2ccco2)(C(=O)Nc2cccc(Cl)c2)N1c1cccc(Cl)c1. The van der Waals surface area contributed by atoms with Crippen LogP contribution < -0.4 is 10.2 Å². The number of carbonyl (C=O) groups excluding carboxylic acids is 2. The van der Waals surface area contributed by atoms with Crippen LogP contribution in [-0.2, 0) is 9.59 Å². The first-order valence-electron chi connectivity index (χ1n) is 8.86. The number of β-lactam (4-membered cyclic amide) rings is 1. The summed E-state index contributed by atoms with van der Waals surface area (Å²) in [5.41, 5.74) is -0.144. The topological polar surface area (TPSA) is 62.6 Å². The van der Waals surface area contributed by atoms with Gasteiger partial charge in [-0.1, -0.05) is 35.3 Å². The first-order valence-corrected chi connectivity index (χ1v) is 9.62. The normalized spacial score (nSPS) is 18.7. The van der Waals surface area contributed by atoms with E-state index >= 15 is 0 Å². The number of furan rings is 1. The van der Waals surface area contributed by atoms with Gasteiger partial charge in [-0.05, 0) is 60.7 Å². The Morgan fingerprint density at radius 1 is 1.07 bits per heavy atom. The molecule has 5 nitrogen and oxygen atoms in total. The lowest BCUT2D eigenvalue weighted by Gasteiger charge is -2.48. The molecule has 0 radical (unpaired) electrons. The fourth-order valence-electron chi connectivity index (χ4n) is 3.31. The molecule has 2 aromatic carbocycles. The van der Waals surface area contributed by atoms with E-state index in [1.165, 1.54) is 4.90 Å². The van der Waals surface area contributed by atoms with Gasteiger partial charge in [-0.3, -0.25) is 14.5 Å². The number of rotatable bonds is 5. The van der Waals surface area contributed by atoms with Crippen LogP contribution in [0.3, 0.4) is 0 Å². The summed E-state index contributed by atoms with van der Waals surface area (Å²) in [5, 5.41) is 3.83. The van der Waals surface area contributed by atoms with E-state index < -0.39 is 5.54 Å². The van der Waals surface area contributed by atoms with Crippen LogP contribution >= 0.6 is 23.2 Å². The molecule has 3 aromatic rings. The van der Waals surface area contributed by atoms with Crippen LogP contribution in [0.1, 0.15) is 12.2 Å². The van der Waals surface area contributed by atoms with Crippen LogP contribution in [-0.4, -0.2) is 17.4 Å². The molecule has 0 saturated carbocycles. The average molecular weight is 427 g/mol. The molecule has 1 N–H and O–H groups in total. The highest BCUT2D eigenvalue weighted by Crippen LogP contribution is 2.40. The number of anilines is 2. The molecule has 0 spiro atoms. The predicted octanol–water partition coefficient (Wildman–Crippen LogP) is 5.41. The lowest BCUT2D eigenvalue weighted by atomic mass is 9.81. The van der Waals surface area contributed by atoms with Gasteiger partial charge in [0, 0.05) is 21.4 Å². The van der Waals surface area contributed by atoms with Crippen LogP contribution in [0.5, 0.6) is 0 Å². The molecular weight excluding hydrogens is 411 g/mol. The summed E-state index contributed by atoms with van der Waals surface area (Å²) < 4.78 is 5.34. The molecule has 0 aliphatic carbocycles. The van der Waals surface area contributed by atoms with Crippen molar-refractivity contribution in [2.75, 3.05) is 10.2 Å². The Labute approximate surface area is 177 Å². The number of hydrogen-bond donors (Lipinski definition) is 1. The van der Waals surface area contributed by atoms with Gasteiger partial charge in [-0.2, -0.15) is 0 Å². The monoisotopic (exact) mass is 426 g/mol. The Morgan fingerprint density at radius 2 is 1.83 bits per heavy atom. The molecular formula is C22H16Cl2N2O3. The van der Waals surface area contributed by atoms with Gasteiger partial charge in [-0.25, -0.2) is 0 Å². The van der Waals surface area contributed by atoms with E-state index in [9.17, 15) is 9.59 Å². The summed E-state index contributed by atoms with van der Waals surface area (Å²) in [6.45, 7) is 0. The van der Waals surface area contributed by atoms with Gasteiger partial charge in [0.1, 0.15) is 5.76 Å². The maximum atomic E-state index is 13.3. The lowest BCUT2D eigenvalue weighted by molar-refractivity contribution is -0.134. The van der Waals surface area contributed by atoms with Gasteiger partial charge in [0.2, 0.25) is 5.91 Å². The smallest absolute Gasteiger partial charge is 0.255 e. The standard InChI is InChI=1S/C22H16Cl2N2O3/c23-15-4-1-6-17(12-15)25-21(28)22(10-9-19-8-3-11-29-19)14-20(27)26(22)18-7-2-5-16(24)13-18/h1-13H,14H2,(H,25,28). The largest absolute Gasteiger partial charge is 0.465 e. The number of halogens is 2. The molecule has 29 heavy (non-hydrogen) atoms. The zero-order valence-electron chi connectivity index (χ0n) is 15.1. The minimum Gasteiger partial charge on any atom is -0.465 e. The van der Waals surface area contributed by atoms with E-state index in [0.29, 0.717) is 27.2 Å². The van der Waals surface area contributed by atoms with Crippen molar-refractivity contribution in [3.8, 4) is 0 Å². The van der Waals surface area contributed by atoms with Crippen LogP contribution in [0.15, 0.2) is 77.4 Å². The third-order valence-corrected chi connectivity index (χ3v) is 5.15. The van der Waals surface area contributed by atoms with E-state index in [-0.39, 0.29) is 18.2 Å². The summed E-state index contributed by atoms with van der Waals surface area (Å²) in [5.74, 6) is 0.0325. The Balaban J connectivity index is 1.73. The first kappa shape index (κ1) is 19.3. The Hall–Kier alpha value is -3.02. The van der Waals surface area contributed by atoms with Crippen molar-refractivity contribution >= 4 is 52.5 Å². The minimum absolute atomic E-state index is 0.0170. The fraction of sp³-hybridized carbons (Fsp3) is 0.0909. The molecule has 2 heterocycles. The molecule has 2 amide bonds. The first-order chi connectivity index (χ1) is 14.0. The molecule has 1 fully saturated rings. The molecule has 1 unspecified atom stereocenters. The number of carbonyl (C=O) groups is 2. The van der Waals surface area contributed by atoms with Crippen molar-refractivity contribution in [2.45, 2.75) is 12.0 Å². The molecule has 146 valence electrons. The van der Waals surface area contributed by atoms with Gasteiger partial charge in [0.05, 0.1) is 12.7 Å². The van der Waals surface area contributed by atoms with Crippen molar-refractivity contribution in [2.24, 2.45) is 0 Å². The van der Waals surface area contributed by atoms with E-state index in [2.05, 4.69) is 5.32 Å². The summed E-state index contributed by atoms with van der Waals surface area (Å²) in [6.07, 6.45) is 4.91. The van der Waals surface area contributed by atoms with E-state index in [1.54, 1.807) is 79.1 Å². The molecule has 0 bridgehead atoms. The average Bonchev–Trinajstić information content (AvgIpc) is 3.18. The Bertz CT molecular complexity index is 1090. The molecule has 1 atom stereocenters. The summed E-state index contributed by atoms with van der Waals surface area (Å²) >= 11 is 12.1. The second-order valence-electron chi connectivity index (χ2n) is 6.62. The summed E-state index contributed by atoms with van der Waals surface area (Å²) in [6, 6.07) is 17.2. The summed E-state index contributed by atoms with van der Waals surface area (Å²) in [4.78, 5) is 27.3. The quantitative estimate of drug-likeness (QED) is 0.554. The lowest BCUT2D eigenvalue weighted by Crippen LogP contribution is -2.68. The molecule has 1 saturated heterocycles. The zero-order valence-corrected chi connectivity index (χ0v) is 16.7. The minimum atomic E-state index is -1.23. The van der Waals surface area contributed by atoms with Crippen LogP contribution in [0.25, 0.3) is 6.08 Å². The van der Waals surface area contributed by atoms with Crippen molar-refractivity contribution in [1.82, 2.24) is 0 Å². The van der Waals surface area contributed by atoms with Crippen LogP contribution in [0.2, 0.25) is 10.0 Å². The number of nitrogens with zero attached hydrogens (tertiary/aromatic N) is 1. The van der Waals surface area contributed by atoms with Gasteiger partial charge in [0.25, 0.3) is 5.91 Å². The highest BCUT2D eigenvalue weighted by atomic mass is 35.5. The van der Waals surface area contributed by atoms with Crippen LogP contribution in [0.4, 0.5) is 11.4 Å². The van der Waals surface area contributed by atoms with Gasteiger partial charge in [-0.15, -0.1) is 0 Å². The number of nitrogens with one attached hydrogen (secondary N) is 1. The van der Waals surface area contributed by atoms with Crippen molar-refractivity contribution < 1.29 is 14.0 Å². The Kier molecular flexibility index (Phi) is 5.18. The molecule has 7 heteroatoms. The van der Waals surface area contributed by atoms with Crippen molar-refractivity contribution in [1.29, 1.82) is 0 Å².